The Labute approximate surface area is 670 Å². The maximum atomic E-state index is 13.2. The van der Waals surface area contributed by atoms with Crippen LogP contribution in [0.15, 0.2) is 0 Å². The third kappa shape index (κ3) is 82.4. The largest absolute Gasteiger partial charge is 0.472 e. The van der Waals surface area contributed by atoms with Gasteiger partial charge >= 0.3 is 39.5 Å². The summed E-state index contributed by atoms with van der Waals surface area (Å²) in [6.07, 6.45) is 72.5. The van der Waals surface area contributed by atoms with Crippen LogP contribution in [0.3, 0.4) is 0 Å². The van der Waals surface area contributed by atoms with E-state index < -0.39 is 97.5 Å². The van der Waals surface area contributed by atoms with Crippen molar-refractivity contribution in [1.82, 2.24) is 0 Å². The molecule has 0 spiro atoms. The first kappa shape index (κ1) is 107. The molecule has 3 unspecified atom stereocenters. The van der Waals surface area contributed by atoms with Crippen LogP contribution in [0.25, 0.3) is 0 Å². The summed E-state index contributed by atoms with van der Waals surface area (Å²) in [5.41, 5.74) is 0. The number of hydrogen-bond donors (Lipinski definition) is 3. The first-order valence-electron chi connectivity index (χ1n) is 46.4. The Morgan fingerprint density at radius 1 is 0.266 bits per heavy atom. The minimum atomic E-state index is -4.97. The molecule has 109 heavy (non-hydrogen) atoms. The minimum absolute atomic E-state index is 0.107. The van der Waals surface area contributed by atoms with Crippen molar-refractivity contribution in [3.05, 3.63) is 0 Å². The van der Waals surface area contributed by atoms with Crippen LogP contribution >= 0.6 is 15.6 Å². The molecule has 19 heteroatoms. The third-order valence-electron chi connectivity index (χ3n) is 21.5. The van der Waals surface area contributed by atoms with Gasteiger partial charge in [-0.25, -0.2) is 9.13 Å². The molecule has 0 aromatic carbocycles. The van der Waals surface area contributed by atoms with Crippen molar-refractivity contribution < 1.29 is 80.2 Å². The summed E-state index contributed by atoms with van der Waals surface area (Å²) in [4.78, 5) is 73.3. The highest BCUT2D eigenvalue weighted by molar-refractivity contribution is 7.47. The zero-order valence-electron chi connectivity index (χ0n) is 72.0. The van der Waals surface area contributed by atoms with Gasteiger partial charge in [0.25, 0.3) is 0 Å². The van der Waals surface area contributed by atoms with E-state index in [0.717, 1.165) is 114 Å². The quantitative estimate of drug-likeness (QED) is 0.0222. The molecule has 0 rings (SSSR count). The molecule has 0 aromatic heterocycles. The van der Waals surface area contributed by atoms with Gasteiger partial charge in [-0.2, -0.15) is 0 Å². The fraction of sp³-hybridized carbons (Fsp3) is 0.956. The number of phosphoric ester groups is 2. The number of carbonyl (C=O) groups excluding carboxylic acids is 4. The van der Waals surface area contributed by atoms with Crippen LogP contribution in [0.2, 0.25) is 0 Å². The molecule has 0 fully saturated rings. The summed E-state index contributed by atoms with van der Waals surface area (Å²) in [6.45, 7) is 12.0. The molecule has 0 aromatic rings. The SMILES string of the molecule is CCCCCCCCCCCCCCCCCCCCCCCCC(=O)O[C@H](COC(=O)CCCCCCCCCCCCCCCCCCCCC(C)C)COP(=O)(O)OC[C@@H](O)COP(=O)(O)OC[C@@H](COC(=O)CCCCCCCCC(C)CC)OC(=O)CCCCCCCCCCCCCCCC(C)C. The zero-order valence-corrected chi connectivity index (χ0v) is 73.8. The lowest BCUT2D eigenvalue weighted by Gasteiger charge is -2.21. The van der Waals surface area contributed by atoms with E-state index in [9.17, 15) is 43.2 Å². The second-order valence-corrected chi connectivity index (χ2v) is 36.4. The molecule has 0 amide bonds. The van der Waals surface area contributed by atoms with Crippen molar-refractivity contribution >= 4 is 39.5 Å². The van der Waals surface area contributed by atoms with E-state index in [1.54, 1.807) is 0 Å². The Kier molecular flexibility index (Phi) is 78.5. The molecule has 0 aliphatic heterocycles. The number of hydrogen-bond acceptors (Lipinski definition) is 15. The second-order valence-electron chi connectivity index (χ2n) is 33.5. The predicted molar refractivity (Wildman–Crippen MR) is 451 cm³/mol. The van der Waals surface area contributed by atoms with Gasteiger partial charge in [0.15, 0.2) is 12.2 Å². The lowest BCUT2D eigenvalue weighted by molar-refractivity contribution is -0.161. The number of aliphatic hydroxyl groups is 1. The lowest BCUT2D eigenvalue weighted by atomic mass is 10.00. The molecule has 17 nitrogen and oxygen atoms in total. The Hall–Kier alpha value is -1.94. The van der Waals surface area contributed by atoms with Gasteiger partial charge in [-0.3, -0.25) is 37.3 Å². The number of ether oxygens (including phenoxy) is 4. The molecular formula is C90H176O17P2. The Morgan fingerprint density at radius 2 is 0.468 bits per heavy atom. The molecule has 0 aliphatic carbocycles. The van der Waals surface area contributed by atoms with Gasteiger partial charge in [0.1, 0.15) is 19.3 Å². The fourth-order valence-corrected chi connectivity index (χ4v) is 15.6. The molecule has 0 saturated heterocycles. The predicted octanol–water partition coefficient (Wildman–Crippen LogP) is 27.6. The first-order valence-corrected chi connectivity index (χ1v) is 49.4. The van der Waals surface area contributed by atoms with Crippen LogP contribution in [0.1, 0.15) is 479 Å². The number of aliphatic hydroxyl groups excluding tert-OH is 1. The minimum Gasteiger partial charge on any atom is -0.462 e. The highest BCUT2D eigenvalue weighted by atomic mass is 31.2. The zero-order chi connectivity index (χ0) is 80.0. The monoisotopic (exact) mass is 1590 g/mol. The van der Waals surface area contributed by atoms with Crippen molar-refractivity contribution in [2.24, 2.45) is 17.8 Å². The molecule has 6 atom stereocenters. The smallest absolute Gasteiger partial charge is 0.462 e. The van der Waals surface area contributed by atoms with E-state index >= 15 is 0 Å². The van der Waals surface area contributed by atoms with Gasteiger partial charge in [-0.05, 0) is 43.4 Å². The van der Waals surface area contributed by atoms with Crippen molar-refractivity contribution in [3.63, 3.8) is 0 Å². The van der Waals surface area contributed by atoms with Crippen molar-refractivity contribution in [2.45, 2.75) is 497 Å². The van der Waals surface area contributed by atoms with Gasteiger partial charge in [0, 0.05) is 25.7 Å². The molecular weight excluding hydrogens is 1410 g/mol. The molecule has 0 heterocycles. The van der Waals surface area contributed by atoms with Crippen LogP contribution in [0.4, 0.5) is 0 Å². The average Bonchev–Trinajstić information content (AvgIpc) is 0.901. The summed E-state index contributed by atoms with van der Waals surface area (Å²) >= 11 is 0. The van der Waals surface area contributed by atoms with Crippen LogP contribution < -0.4 is 0 Å². The summed E-state index contributed by atoms with van der Waals surface area (Å²) in [7, 11) is -9.93. The van der Waals surface area contributed by atoms with E-state index in [4.69, 9.17) is 37.0 Å². The molecule has 3 N–H and O–H groups in total. The van der Waals surface area contributed by atoms with E-state index in [0.29, 0.717) is 25.7 Å². The number of unbranched alkanes of at least 4 members (excludes halogenated alkanes) is 55. The Morgan fingerprint density at radius 3 is 0.697 bits per heavy atom. The van der Waals surface area contributed by atoms with E-state index in [2.05, 4.69) is 48.5 Å². The van der Waals surface area contributed by atoms with Crippen LogP contribution in [0.5, 0.6) is 0 Å². The second kappa shape index (κ2) is 79.9. The standard InChI is InChI=1S/C90H176O17P2/c1-8-10-11-12-13-14-15-16-17-18-19-20-21-22-27-30-35-40-45-50-59-66-73-89(94)106-85(77-100-87(92)71-64-57-49-44-39-34-29-26-24-23-25-28-32-37-42-47-54-61-68-81(3)4)79-104-108(96,97)102-75-84(91)76-103-109(98,99)105-80-86(78-101-88(93)72-65-58-53-52-56-63-70-83(7)9-2)107-90(95)74-67-60-51-46-41-36-31-33-38-43-48-55-62-69-82(5)6/h81-86,91H,8-80H2,1-7H3,(H,96,97)(H,98,99)/t83?,84-,85-,86-/m1/s1. The van der Waals surface area contributed by atoms with Gasteiger partial charge in [0.2, 0.25) is 0 Å². The number of rotatable bonds is 88. The van der Waals surface area contributed by atoms with E-state index in [1.165, 1.54) is 283 Å². The molecule has 0 aliphatic rings. The van der Waals surface area contributed by atoms with Crippen LogP contribution in [0, 0.1) is 17.8 Å². The summed E-state index contributed by atoms with van der Waals surface area (Å²) < 4.78 is 69.0. The summed E-state index contributed by atoms with van der Waals surface area (Å²) in [6, 6.07) is 0. The topological polar surface area (TPSA) is 237 Å². The third-order valence-corrected chi connectivity index (χ3v) is 23.4. The van der Waals surface area contributed by atoms with Gasteiger partial charge in [0.05, 0.1) is 26.4 Å². The Balaban J connectivity index is 5.22. The van der Waals surface area contributed by atoms with Gasteiger partial charge in [-0.15, -0.1) is 0 Å². The summed E-state index contributed by atoms with van der Waals surface area (Å²) in [5, 5.41) is 10.7. The maximum Gasteiger partial charge on any atom is 0.472 e. The van der Waals surface area contributed by atoms with Crippen molar-refractivity contribution in [3.8, 4) is 0 Å². The van der Waals surface area contributed by atoms with Crippen molar-refractivity contribution in [2.75, 3.05) is 39.6 Å². The van der Waals surface area contributed by atoms with Gasteiger partial charge < -0.3 is 33.8 Å². The number of esters is 4. The van der Waals surface area contributed by atoms with Gasteiger partial charge in [-0.1, -0.05) is 427 Å². The number of carbonyl (C=O) groups is 4. The fourth-order valence-electron chi connectivity index (χ4n) is 14.0. The Bertz CT molecular complexity index is 2100. The molecule has 648 valence electrons. The molecule has 0 radical (unpaired) electrons. The van der Waals surface area contributed by atoms with E-state index in [1.807, 2.05) is 0 Å². The normalized spacial score (nSPS) is 14.1. The molecule has 0 bridgehead atoms. The van der Waals surface area contributed by atoms with Crippen LogP contribution in [-0.4, -0.2) is 96.7 Å². The number of phosphoric acid groups is 2. The average molecular weight is 1590 g/mol. The lowest BCUT2D eigenvalue weighted by Crippen LogP contribution is -2.30. The summed E-state index contributed by atoms with van der Waals surface area (Å²) in [5.74, 6) is 0.238. The van der Waals surface area contributed by atoms with Crippen molar-refractivity contribution in [1.29, 1.82) is 0 Å². The van der Waals surface area contributed by atoms with E-state index in [-0.39, 0.29) is 25.7 Å². The first-order chi connectivity index (χ1) is 52.8. The molecule has 0 saturated carbocycles. The highest BCUT2D eigenvalue weighted by Gasteiger charge is 2.31. The maximum absolute atomic E-state index is 13.2. The highest BCUT2D eigenvalue weighted by Crippen LogP contribution is 2.45. The van der Waals surface area contributed by atoms with Crippen LogP contribution in [-0.2, 0) is 65.4 Å².